The molecular weight excluding hydrogens is 222 g/mol. The second kappa shape index (κ2) is 5.37. The highest BCUT2D eigenvalue weighted by Gasteiger charge is 2.27. The van der Waals surface area contributed by atoms with Crippen LogP contribution in [0, 0.1) is 0 Å². The number of hydrogen-bond acceptors (Lipinski definition) is 3. The van der Waals surface area contributed by atoms with Crippen LogP contribution in [-0.2, 0) is 4.79 Å². The van der Waals surface area contributed by atoms with Gasteiger partial charge in [0.25, 0.3) is 0 Å². The molecule has 1 aliphatic rings. The minimum Gasteiger partial charge on any atom is -0.389 e. The predicted molar refractivity (Wildman–Crippen MR) is 64.4 cm³/mol. The van der Waals surface area contributed by atoms with E-state index < -0.39 is 0 Å². The first-order valence-electron chi connectivity index (χ1n) is 5.39. The van der Waals surface area contributed by atoms with Crippen LogP contribution in [0.4, 0.5) is 0 Å². The first-order chi connectivity index (χ1) is 7.75. The summed E-state index contributed by atoms with van der Waals surface area (Å²) in [5, 5.41) is 9.07. The molecule has 1 fully saturated rings. The monoisotopic (exact) mass is 237 g/mol. The van der Waals surface area contributed by atoms with E-state index in [2.05, 4.69) is 0 Å². The van der Waals surface area contributed by atoms with Gasteiger partial charge in [0.1, 0.15) is 0 Å². The summed E-state index contributed by atoms with van der Waals surface area (Å²) < 4.78 is 0. The van der Waals surface area contributed by atoms with Crippen LogP contribution in [0.3, 0.4) is 0 Å². The molecule has 3 nitrogen and oxygen atoms in total. The maximum absolute atomic E-state index is 11.6. The Hall–Kier alpha value is -1.00. The average molecular weight is 237 g/mol. The first kappa shape index (κ1) is 11.5. The number of benzene rings is 1. The van der Waals surface area contributed by atoms with Crippen molar-refractivity contribution in [2.75, 3.05) is 18.8 Å². The van der Waals surface area contributed by atoms with E-state index in [9.17, 15) is 4.79 Å². The second-order valence-corrected chi connectivity index (χ2v) is 5.03. The van der Waals surface area contributed by atoms with Crippen molar-refractivity contribution in [1.29, 1.82) is 0 Å². The molecular formula is C12H15NO2S. The van der Waals surface area contributed by atoms with Crippen molar-refractivity contribution in [3.05, 3.63) is 30.3 Å². The molecule has 1 aromatic carbocycles. The molecule has 0 unspecified atom stereocenters. The van der Waals surface area contributed by atoms with Gasteiger partial charge in [0, 0.05) is 30.2 Å². The van der Waals surface area contributed by atoms with Crippen molar-refractivity contribution in [2.24, 2.45) is 0 Å². The van der Waals surface area contributed by atoms with Gasteiger partial charge in [-0.05, 0) is 12.1 Å². The molecule has 1 saturated heterocycles. The van der Waals surface area contributed by atoms with Crippen LogP contribution in [0.1, 0.15) is 6.42 Å². The number of hydrogen-bond donors (Lipinski definition) is 1. The zero-order valence-corrected chi connectivity index (χ0v) is 9.82. The predicted octanol–water partition coefficient (Wildman–Crippen LogP) is 1.37. The van der Waals surface area contributed by atoms with Crippen LogP contribution in [0.5, 0.6) is 0 Å². The van der Waals surface area contributed by atoms with Gasteiger partial charge in [-0.3, -0.25) is 4.79 Å². The molecule has 0 bridgehead atoms. The van der Waals surface area contributed by atoms with Gasteiger partial charge < -0.3 is 10.0 Å². The van der Waals surface area contributed by atoms with Crippen molar-refractivity contribution >= 4 is 17.7 Å². The first-order valence-corrected chi connectivity index (χ1v) is 6.38. The number of carbonyl (C=O) groups is 1. The van der Waals surface area contributed by atoms with E-state index in [0.717, 1.165) is 5.75 Å². The summed E-state index contributed by atoms with van der Waals surface area (Å²) in [5.74, 6) is 0.948. The van der Waals surface area contributed by atoms with Crippen molar-refractivity contribution in [3.63, 3.8) is 0 Å². The van der Waals surface area contributed by atoms with Crippen LogP contribution in [0.2, 0.25) is 0 Å². The topological polar surface area (TPSA) is 40.5 Å². The summed E-state index contributed by atoms with van der Waals surface area (Å²) in [6.07, 6.45) is 0.248. The Morgan fingerprint density at radius 3 is 2.69 bits per heavy atom. The van der Waals surface area contributed by atoms with Gasteiger partial charge in [-0.2, -0.15) is 0 Å². The Labute approximate surface area is 99.5 Å². The number of aliphatic hydroxyl groups is 1. The fourth-order valence-corrected chi connectivity index (χ4v) is 2.45. The average Bonchev–Trinajstić information content (AvgIpc) is 2.26. The fraction of sp³-hybridized carbons (Fsp3) is 0.417. The lowest BCUT2D eigenvalue weighted by Crippen LogP contribution is -2.53. The molecule has 0 radical (unpaired) electrons. The van der Waals surface area contributed by atoms with Crippen molar-refractivity contribution in [2.45, 2.75) is 17.4 Å². The number of aliphatic hydroxyl groups excluding tert-OH is 1. The molecule has 0 aromatic heterocycles. The highest BCUT2D eigenvalue weighted by Crippen LogP contribution is 2.19. The van der Waals surface area contributed by atoms with Crippen LogP contribution in [0.15, 0.2) is 35.2 Å². The molecule has 0 saturated carbocycles. The molecule has 1 N–H and O–H groups in total. The van der Waals surface area contributed by atoms with Crippen LogP contribution < -0.4 is 0 Å². The maximum Gasteiger partial charge on any atom is 0.223 e. The number of carbonyl (C=O) groups excluding carboxylic acids is 1. The standard InChI is InChI=1S/C12H15NO2S/c14-10-8-13(9-10)12(15)6-7-16-11-4-2-1-3-5-11/h1-5,10,14H,6-9H2. The maximum atomic E-state index is 11.6. The van der Waals surface area contributed by atoms with Crippen LogP contribution in [0.25, 0.3) is 0 Å². The van der Waals surface area contributed by atoms with Gasteiger partial charge in [-0.15, -0.1) is 11.8 Å². The second-order valence-electron chi connectivity index (χ2n) is 3.86. The Kier molecular flexibility index (Phi) is 3.85. The normalized spacial score (nSPS) is 15.9. The minimum absolute atomic E-state index is 0.147. The molecule has 4 heteroatoms. The third-order valence-electron chi connectivity index (χ3n) is 2.54. The summed E-state index contributed by atoms with van der Waals surface area (Å²) >= 11 is 1.69. The van der Waals surface area contributed by atoms with Crippen LogP contribution >= 0.6 is 11.8 Å². The summed E-state index contributed by atoms with van der Waals surface area (Å²) in [6, 6.07) is 10.1. The Balaban J connectivity index is 1.67. The quantitative estimate of drug-likeness (QED) is 0.804. The highest BCUT2D eigenvalue weighted by molar-refractivity contribution is 7.99. The summed E-state index contributed by atoms with van der Waals surface area (Å²) in [7, 11) is 0. The molecule has 1 aliphatic heterocycles. The van der Waals surface area contributed by atoms with Gasteiger partial charge >= 0.3 is 0 Å². The minimum atomic E-state index is -0.300. The number of rotatable bonds is 4. The summed E-state index contributed by atoms with van der Waals surface area (Å²) in [6.45, 7) is 1.02. The lowest BCUT2D eigenvalue weighted by Gasteiger charge is -2.35. The van der Waals surface area contributed by atoms with Gasteiger partial charge in [-0.25, -0.2) is 0 Å². The van der Waals surface area contributed by atoms with E-state index in [4.69, 9.17) is 5.11 Å². The molecule has 1 aromatic rings. The third kappa shape index (κ3) is 3.00. The molecule has 1 heterocycles. The van der Waals surface area contributed by atoms with Crippen molar-refractivity contribution in [3.8, 4) is 0 Å². The number of amides is 1. The van der Waals surface area contributed by atoms with E-state index in [0.29, 0.717) is 19.5 Å². The van der Waals surface area contributed by atoms with E-state index in [1.54, 1.807) is 16.7 Å². The van der Waals surface area contributed by atoms with E-state index in [1.165, 1.54) is 4.90 Å². The Bertz CT molecular complexity index is 349. The molecule has 16 heavy (non-hydrogen) atoms. The lowest BCUT2D eigenvalue weighted by molar-refractivity contribution is -0.140. The lowest BCUT2D eigenvalue weighted by atomic mass is 10.1. The molecule has 86 valence electrons. The molecule has 2 rings (SSSR count). The van der Waals surface area contributed by atoms with E-state index in [-0.39, 0.29) is 12.0 Å². The van der Waals surface area contributed by atoms with E-state index in [1.807, 2.05) is 30.3 Å². The van der Waals surface area contributed by atoms with Crippen molar-refractivity contribution in [1.82, 2.24) is 4.90 Å². The zero-order valence-electron chi connectivity index (χ0n) is 9.00. The van der Waals surface area contributed by atoms with E-state index >= 15 is 0 Å². The molecule has 1 amide bonds. The van der Waals surface area contributed by atoms with Gasteiger partial charge in [0.15, 0.2) is 0 Å². The highest BCUT2D eigenvalue weighted by atomic mass is 32.2. The number of β-amino-alcohol motifs (C(OH)–C–C–N with tert-alkyl or cyclic N) is 1. The Morgan fingerprint density at radius 2 is 2.06 bits per heavy atom. The summed E-state index contributed by atoms with van der Waals surface area (Å²) in [4.78, 5) is 14.5. The van der Waals surface area contributed by atoms with Gasteiger partial charge in [0.05, 0.1) is 6.10 Å². The number of likely N-dealkylation sites (tertiary alicyclic amines) is 1. The number of nitrogens with zero attached hydrogens (tertiary/aromatic N) is 1. The van der Waals surface area contributed by atoms with Gasteiger partial charge in [0.2, 0.25) is 5.91 Å². The smallest absolute Gasteiger partial charge is 0.223 e. The fourth-order valence-electron chi connectivity index (χ4n) is 1.59. The molecule has 0 atom stereocenters. The summed E-state index contributed by atoms with van der Waals surface area (Å²) in [5.41, 5.74) is 0. The molecule has 0 spiro atoms. The molecule has 0 aliphatic carbocycles. The largest absolute Gasteiger partial charge is 0.389 e. The van der Waals surface area contributed by atoms with Crippen LogP contribution in [-0.4, -0.2) is 40.9 Å². The number of thioether (sulfide) groups is 1. The Morgan fingerprint density at radius 1 is 1.38 bits per heavy atom. The third-order valence-corrected chi connectivity index (χ3v) is 3.56. The van der Waals surface area contributed by atoms with Crippen molar-refractivity contribution < 1.29 is 9.90 Å². The SMILES string of the molecule is O=C(CCSc1ccccc1)N1CC(O)C1. The zero-order chi connectivity index (χ0) is 11.4. The van der Waals surface area contributed by atoms with Gasteiger partial charge in [-0.1, -0.05) is 18.2 Å².